The second-order valence-corrected chi connectivity index (χ2v) is 21.5. The molecular formula is C72H56F4N2. The van der Waals surface area contributed by atoms with Crippen LogP contribution >= 0.6 is 0 Å². The zero-order valence-electron chi connectivity index (χ0n) is 44.9. The maximum atomic E-state index is 16.9. The summed E-state index contributed by atoms with van der Waals surface area (Å²) in [6.07, 6.45) is 0. The van der Waals surface area contributed by atoms with Crippen LogP contribution in [-0.4, -0.2) is 0 Å². The molecule has 6 heteroatoms. The molecular weight excluding hydrogens is 969 g/mol. The van der Waals surface area contributed by atoms with Gasteiger partial charge >= 0.3 is 0 Å². The van der Waals surface area contributed by atoms with E-state index in [2.05, 4.69) is 189 Å². The quantitative estimate of drug-likeness (QED) is 0.0995. The Balaban J connectivity index is 1.13. The highest BCUT2D eigenvalue weighted by Gasteiger charge is 2.27. The van der Waals surface area contributed by atoms with Crippen LogP contribution in [-0.2, 0) is 0 Å². The van der Waals surface area contributed by atoms with Crippen molar-refractivity contribution in [3.05, 3.63) is 262 Å². The van der Waals surface area contributed by atoms with E-state index in [1.807, 2.05) is 34.1 Å². The van der Waals surface area contributed by atoms with Crippen LogP contribution in [0.3, 0.4) is 0 Å². The summed E-state index contributed by atoms with van der Waals surface area (Å²) in [5.74, 6) is -3.89. The number of halogens is 4. The van der Waals surface area contributed by atoms with Crippen LogP contribution in [0.4, 0.5) is 51.7 Å². The zero-order valence-corrected chi connectivity index (χ0v) is 44.9. The lowest BCUT2D eigenvalue weighted by molar-refractivity contribution is 0.510. The first-order valence-corrected chi connectivity index (χ1v) is 26.4. The minimum absolute atomic E-state index is 0.0470. The number of anilines is 6. The summed E-state index contributed by atoms with van der Waals surface area (Å²) < 4.78 is 65.3. The fourth-order valence-electron chi connectivity index (χ4n) is 12.0. The molecule has 2 nitrogen and oxygen atoms in total. The molecule has 0 heterocycles. The van der Waals surface area contributed by atoms with E-state index in [0.717, 1.165) is 133 Å². The highest BCUT2D eigenvalue weighted by molar-refractivity contribution is 6.28. The maximum absolute atomic E-state index is 16.9. The van der Waals surface area contributed by atoms with Gasteiger partial charge in [0.2, 0.25) is 0 Å². The molecule has 12 aromatic rings. The van der Waals surface area contributed by atoms with E-state index >= 15 is 17.6 Å². The summed E-state index contributed by atoms with van der Waals surface area (Å²) in [4.78, 5) is 3.68. The average Bonchev–Trinajstić information content (AvgIpc) is 3.61. The molecule has 12 rings (SSSR count). The molecule has 0 fully saturated rings. The first-order valence-electron chi connectivity index (χ1n) is 26.4. The molecule has 0 saturated heterocycles. The number of hydrogen-bond acceptors (Lipinski definition) is 2. The van der Waals surface area contributed by atoms with Gasteiger partial charge in [-0.25, -0.2) is 17.6 Å². The van der Waals surface area contributed by atoms with Crippen LogP contribution in [0, 0.1) is 78.7 Å². The van der Waals surface area contributed by atoms with Crippen LogP contribution < -0.4 is 9.80 Å². The standard InChI is InChI=1S/C72H56F4N2/c1-41-23-42(2)28-51(27-41)55-35-56(52-29-43(3)24-44(4)30-52)38-59(37-55)77(67-13-9-11-63(73)71(67)75)65-21-17-49-16-20-62-66(22-18-50-15-19-61(65)69(49)70(50)62)78(68-14-10-12-64(74)72(68)76)60-39-57(53-31-45(5)25-46(6)32-53)36-58(40-60)54-33-47(7)26-48(8)34-54/h9-40H,1-8H3. The summed E-state index contributed by atoms with van der Waals surface area (Å²) in [5, 5.41) is 5.17. The fraction of sp³-hybridized carbons (Fsp3) is 0.111. The van der Waals surface area contributed by atoms with E-state index < -0.39 is 23.3 Å². The Morgan fingerprint density at radius 3 is 0.821 bits per heavy atom. The van der Waals surface area contributed by atoms with E-state index in [1.54, 1.807) is 24.3 Å². The van der Waals surface area contributed by atoms with Gasteiger partial charge in [0.1, 0.15) is 0 Å². The highest BCUT2D eigenvalue weighted by Crippen LogP contribution is 2.50. The van der Waals surface area contributed by atoms with E-state index in [1.165, 1.54) is 0 Å². The van der Waals surface area contributed by atoms with Crippen LogP contribution in [0.5, 0.6) is 0 Å². The third-order valence-electron chi connectivity index (χ3n) is 15.0. The molecule has 0 aromatic heterocycles. The van der Waals surface area contributed by atoms with Crippen LogP contribution in [0.2, 0.25) is 0 Å². The van der Waals surface area contributed by atoms with Crippen LogP contribution in [0.1, 0.15) is 44.5 Å². The number of nitrogens with zero attached hydrogens (tertiary/aromatic N) is 2. The van der Waals surface area contributed by atoms with Gasteiger partial charge in [-0.2, -0.15) is 0 Å². The Morgan fingerprint density at radius 2 is 0.526 bits per heavy atom. The number of hydrogen-bond donors (Lipinski definition) is 0. The Bertz CT molecular complexity index is 3880. The van der Waals surface area contributed by atoms with Crippen molar-refractivity contribution in [1.82, 2.24) is 0 Å². The third-order valence-corrected chi connectivity index (χ3v) is 15.0. The van der Waals surface area contributed by atoms with E-state index in [-0.39, 0.29) is 11.4 Å². The molecule has 382 valence electrons. The van der Waals surface area contributed by atoms with Crippen molar-refractivity contribution in [2.24, 2.45) is 0 Å². The van der Waals surface area contributed by atoms with E-state index in [0.29, 0.717) is 22.7 Å². The molecule has 12 aromatic carbocycles. The normalized spacial score (nSPS) is 11.6. The number of aryl methyl sites for hydroxylation is 8. The fourth-order valence-corrected chi connectivity index (χ4v) is 12.0. The summed E-state index contributed by atoms with van der Waals surface area (Å²) >= 11 is 0. The largest absolute Gasteiger partial charge is 0.307 e. The lowest BCUT2D eigenvalue weighted by Gasteiger charge is -2.30. The van der Waals surface area contributed by atoms with Crippen molar-refractivity contribution in [3.8, 4) is 44.5 Å². The Hall–Kier alpha value is -9.00. The average molecular weight is 1030 g/mol. The SMILES string of the molecule is Cc1cc(C)cc(-c2cc(-c3cc(C)cc(C)c3)cc(N(c3cccc(F)c3F)c3ccc4ccc5c(N(c6cc(-c7cc(C)cc(C)c7)cc(-c7cc(C)cc(C)c7)c6)c6cccc(F)c6F)ccc6ccc3c4c65)c2)c1. The Kier molecular flexibility index (Phi) is 12.5. The van der Waals surface area contributed by atoms with E-state index in [4.69, 9.17) is 0 Å². The minimum atomic E-state index is -0.980. The molecule has 78 heavy (non-hydrogen) atoms. The first kappa shape index (κ1) is 49.9. The molecule has 0 amide bonds. The molecule has 0 aliphatic heterocycles. The summed E-state index contributed by atoms with van der Waals surface area (Å²) in [6, 6.07) is 63.2. The van der Waals surface area contributed by atoms with Gasteiger partial charge in [0, 0.05) is 22.1 Å². The molecule has 0 unspecified atom stereocenters. The summed E-state index contributed by atoms with van der Waals surface area (Å²) in [6.45, 7) is 16.6. The van der Waals surface area contributed by atoms with E-state index in [9.17, 15) is 0 Å². The molecule has 0 aliphatic carbocycles. The predicted octanol–water partition coefficient (Wildman–Crippen LogP) is 21.2. The molecule has 0 bridgehead atoms. The minimum Gasteiger partial charge on any atom is -0.307 e. The van der Waals surface area contributed by atoms with Gasteiger partial charge in [-0.15, -0.1) is 0 Å². The third kappa shape index (κ3) is 9.11. The van der Waals surface area contributed by atoms with Crippen LogP contribution in [0.25, 0.3) is 76.8 Å². The van der Waals surface area contributed by atoms with Gasteiger partial charge in [-0.1, -0.05) is 166 Å². The molecule has 0 spiro atoms. The molecule has 0 radical (unpaired) electrons. The molecule has 0 aliphatic rings. The Morgan fingerprint density at radius 1 is 0.256 bits per heavy atom. The predicted molar refractivity (Wildman–Crippen MR) is 319 cm³/mol. The van der Waals surface area contributed by atoms with Gasteiger partial charge in [-0.05, 0) is 194 Å². The number of benzene rings is 12. The summed E-state index contributed by atoms with van der Waals surface area (Å²) in [5.41, 5.74) is 19.2. The Labute approximate surface area is 453 Å². The smallest absolute Gasteiger partial charge is 0.182 e. The first-order chi connectivity index (χ1) is 37.5. The van der Waals surface area contributed by atoms with Crippen molar-refractivity contribution in [1.29, 1.82) is 0 Å². The molecule has 0 saturated carbocycles. The second-order valence-electron chi connectivity index (χ2n) is 21.5. The van der Waals surface area contributed by atoms with Crippen LogP contribution in [0.15, 0.2) is 194 Å². The van der Waals surface area contributed by atoms with Gasteiger partial charge in [0.05, 0.1) is 22.7 Å². The van der Waals surface area contributed by atoms with Gasteiger partial charge in [0.15, 0.2) is 23.3 Å². The topological polar surface area (TPSA) is 6.48 Å². The number of rotatable bonds is 10. The van der Waals surface area contributed by atoms with Crippen molar-refractivity contribution in [3.63, 3.8) is 0 Å². The van der Waals surface area contributed by atoms with Gasteiger partial charge in [-0.3, -0.25) is 0 Å². The summed E-state index contributed by atoms with van der Waals surface area (Å²) in [7, 11) is 0. The lowest BCUT2D eigenvalue weighted by Crippen LogP contribution is -2.14. The van der Waals surface area contributed by atoms with Crippen molar-refractivity contribution in [2.45, 2.75) is 55.4 Å². The monoisotopic (exact) mass is 1020 g/mol. The van der Waals surface area contributed by atoms with Gasteiger partial charge < -0.3 is 9.80 Å². The van der Waals surface area contributed by atoms with Crippen molar-refractivity contribution < 1.29 is 17.6 Å². The van der Waals surface area contributed by atoms with Crippen molar-refractivity contribution >= 4 is 66.4 Å². The van der Waals surface area contributed by atoms with Crippen molar-refractivity contribution in [2.75, 3.05) is 9.80 Å². The highest BCUT2D eigenvalue weighted by atomic mass is 19.2. The zero-order chi connectivity index (χ0) is 54.3. The second kappa shape index (κ2) is 19.5. The lowest BCUT2D eigenvalue weighted by atomic mass is 9.91. The molecule has 0 atom stereocenters. The molecule has 0 N–H and O–H groups in total. The maximum Gasteiger partial charge on any atom is 0.182 e. The van der Waals surface area contributed by atoms with Gasteiger partial charge in [0.25, 0.3) is 0 Å².